The van der Waals surface area contributed by atoms with Gasteiger partial charge in [-0.2, -0.15) is 0 Å². The maximum atomic E-state index is 14.6. The molecular formula is C18H12BrF4NO3. The van der Waals surface area contributed by atoms with Crippen LogP contribution in [0, 0.1) is 5.82 Å². The first kappa shape index (κ1) is 19.2. The third-order valence-corrected chi connectivity index (χ3v) is 4.45. The lowest BCUT2D eigenvalue weighted by atomic mass is 10.1. The summed E-state index contributed by atoms with van der Waals surface area (Å²) in [5.41, 5.74) is 0.608. The van der Waals surface area contributed by atoms with Crippen LogP contribution < -0.4 is 4.74 Å². The van der Waals surface area contributed by atoms with Crippen LogP contribution in [0.25, 0.3) is 10.9 Å². The van der Waals surface area contributed by atoms with Gasteiger partial charge in [0.25, 0.3) is 0 Å². The highest BCUT2D eigenvalue weighted by Gasteiger charge is 2.31. The minimum atomic E-state index is -4.80. The number of hydrogen-bond donors (Lipinski definition) is 0. The number of alkyl halides is 3. The maximum absolute atomic E-state index is 14.6. The summed E-state index contributed by atoms with van der Waals surface area (Å²) >= 11 is 3.23. The lowest BCUT2D eigenvalue weighted by Crippen LogP contribution is -2.17. The monoisotopic (exact) mass is 445 g/mol. The Kier molecular flexibility index (Phi) is 5.14. The van der Waals surface area contributed by atoms with Gasteiger partial charge >= 0.3 is 12.3 Å². The highest BCUT2D eigenvalue weighted by molar-refractivity contribution is 9.10. The summed E-state index contributed by atoms with van der Waals surface area (Å²) in [5.74, 6) is -1.86. The Hall–Kier alpha value is -2.55. The van der Waals surface area contributed by atoms with Crippen molar-refractivity contribution in [1.82, 2.24) is 4.57 Å². The van der Waals surface area contributed by atoms with Crippen molar-refractivity contribution >= 4 is 32.8 Å². The van der Waals surface area contributed by atoms with Gasteiger partial charge in [0, 0.05) is 21.6 Å². The van der Waals surface area contributed by atoms with E-state index in [2.05, 4.69) is 25.4 Å². The number of halogens is 5. The Labute approximate surface area is 159 Å². The van der Waals surface area contributed by atoms with E-state index in [9.17, 15) is 22.4 Å². The van der Waals surface area contributed by atoms with E-state index in [0.29, 0.717) is 15.4 Å². The summed E-state index contributed by atoms with van der Waals surface area (Å²) in [7, 11) is 1.16. The maximum Gasteiger partial charge on any atom is 0.573 e. The zero-order valence-electron chi connectivity index (χ0n) is 13.8. The van der Waals surface area contributed by atoms with Gasteiger partial charge in [-0.15, -0.1) is 13.2 Å². The molecule has 3 aromatic rings. The molecule has 142 valence electrons. The third kappa shape index (κ3) is 4.08. The topological polar surface area (TPSA) is 40.5 Å². The minimum Gasteiger partial charge on any atom is -0.465 e. The van der Waals surface area contributed by atoms with E-state index >= 15 is 0 Å². The first-order valence-electron chi connectivity index (χ1n) is 7.59. The van der Waals surface area contributed by atoms with Crippen LogP contribution in [0.1, 0.15) is 15.9 Å². The summed E-state index contributed by atoms with van der Waals surface area (Å²) in [6.45, 7) is 0.0677. The van der Waals surface area contributed by atoms with Crippen molar-refractivity contribution in [1.29, 1.82) is 0 Å². The fourth-order valence-corrected chi connectivity index (χ4v) is 3.43. The van der Waals surface area contributed by atoms with Gasteiger partial charge in [0.1, 0.15) is 11.6 Å². The summed E-state index contributed by atoms with van der Waals surface area (Å²) in [5, 5.41) is 0.480. The van der Waals surface area contributed by atoms with Gasteiger partial charge in [-0.25, -0.2) is 9.18 Å². The molecule has 9 heteroatoms. The number of fused-ring (bicyclic) bond motifs is 1. The van der Waals surface area contributed by atoms with E-state index in [-0.39, 0.29) is 23.4 Å². The van der Waals surface area contributed by atoms with E-state index in [1.807, 2.05) is 0 Å². The van der Waals surface area contributed by atoms with Crippen molar-refractivity contribution in [3.8, 4) is 5.75 Å². The molecule has 0 aliphatic carbocycles. The number of aromatic nitrogens is 1. The number of esters is 1. The zero-order chi connectivity index (χ0) is 19.8. The molecule has 0 N–H and O–H groups in total. The molecule has 3 rings (SSSR count). The molecule has 0 fully saturated rings. The number of nitrogens with zero attached hydrogens (tertiary/aromatic N) is 1. The van der Waals surface area contributed by atoms with Crippen molar-refractivity contribution in [2.75, 3.05) is 7.11 Å². The number of benzene rings is 2. The average molecular weight is 446 g/mol. The Morgan fingerprint density at radius 1 is 1.22 bits per heavy atom. The second-order valence-electron chi connectivity index (χ2n) is 5.60. The third-order valence-electron chi connectivity index (χ3n) is 3.85. The van der Waals surface area contributed by atoms with Crippen molar-refractivity contribution in [2.45, 2.75) is 12.9 Å². The average Bonchev–Trinajstić information content (AvgIpc) is 2.97. The fourth-order valence-electron chi connectivity index (χ4n) is 2.75. The van der Waals surface area contributed by atoms with Crippen molar-refractivity contribution in [2.24, 2.45) is 0 Å². The summed E-state index contributed by atoms with van der Waals surface area (Å²) in [6, 6.07) is 8.38. The van der Waals surface area contributed by atoms with Crippen LogP contribution in [0.4, 0.5) is 17.6 Å². The second kappa shape index (κ2) is 7.22. The van der Waals surface area contributed by atoms with E-state index in [1.54, 1.807) is 16.8 Å². The van der Waals surface area contributed by atoms with Gasteiger partial charge in [-0.05, 0) is 40.2 Å². The molecule has 0 unspecified atom stereocenters. The van der Waals surface area contributed by atoms with Crippen molar-refractivity contribution < 1.29 is 31.8 Å². The first-order chi connectivity index (χ1) is 12.7. The lowest BCUT2D eigenvalue weighted by Gasteiger charge is -2.12. The van der Waals surface area contributed by atoms with Gasteiger partial charge in [-0.1, -0.05) is 12.1 Å². The molecule has 0 aliphatic heterocycles. The molecule has 2 aromatic carbocycles. The lowest BCUT2D eigenvalue weighted by molar-refractivity contribution is -0.274. The molecule has 0 spiro atoms. The Morgan fingerprint density at radius 3 is 2.63 bits per heavy atom. The Balaban J connectivity index is 1.99. The molecule has 0 radical (unpaired) electrons. The molecule has 0 aliphatic rings. The standard InChI is InChI=1S/C18H12BrF4NO3/c1-26-17(25)13-4-2-3-11(15(13)20)9-24-6-5-10-7-12(27-18(21,22)23)8-14(19)16(10)24/h2-8H,9H2,1H3. The molecular weight excluding hydrogens is 434 g/mol. The van der Waals surface area contributed by atoms with E-state index < -0.39 is 18.1 Å². The van der Waals surface area contributed by atoms with Crippen molar-refractivity contribution in [3.05, 3.63) is 64.0 Å². The molecule has 4 nitrogen and oxygen atoms in total. The summed E-state index contributed by atoms with van der Waals surface area (Å²) < 4.78 is 62.3. The van der Waals surface area contributed by atoms with E-state index in [4.69, 9.17) is 0 Å². The molecule has 0 amide bonds. The molecule has 0 atom stereocenters. The number of rotatable bonds is 4. The largest absolute Gasteiger partial charge is 0.573 e. The molecule has 1 aromatic heterocycles. The SMILES string of the molecule is COC(=O)c1cccc(Cn2ccc3cc(OC(F)(F)F)cc(Br)c32)c1F. The normalized spacial score (nSPS) is 11.6. The van der Waals surface area contributed by atoms with Gasteiger partial charge in [0.15, 0.2) is 0 Å². The van der Waals surface area contributed by atoms with Crippen LogP contribution >= 0.6 is 15.9 Å². The van der Waals surface area contributed by atoms with Crippen LogP contribution in [-0.4, -0.2) is 24.0 Å². The molecule has 27 heavy (non-hydrogen) atoms. The number of methoxy groups -OCH3 is 1. The van der Waals surface area contributed by atoms with Gasteiger partial charge < -0.3 is 14.0 Å². The molecule has 0 bridgehead atoms. The minimum absolute atomic E-state index is 0.0677. The van der Waals surface area contributed by atoms with Crippen LogP contribution in [0.5, 0.6) is 5.75 Å². The highest BCUT2D eigenvalue weighted by atomic mass is 79.9. The van der Waals surface area contributed by atoms with Gasteiger partial charge in [0.2, 0.25) is 0 Å². The predicted molar refractivity (Wildman–Crippen MR) is 93.2 cm³/mol. The second-order valence-corrected chi connectivity index (χ2v) is 6.46. The zero-order valence-corrected chi connectivity index (χ0v) is 15.4. The fraction of sp³-hybridized carbons (Fsp3) is 0.167. The summed E-state index contributed by atoms with van der Waals surface area (Å²) in [4.78, 5) is 11.6. The quantitative estimate of drug-likeness (QED) is 0.405. The van der Waals surface area contributed by atoms with Crippen LogP contribution in [0.3, 0.4) is 0 Å². The smallest absolute Gasteiger partial charge is 0.465 e. The molecule has 0 saturated heterocycles. The predicted octanol–water partition coefficient (Wildman–Crippen LogP) is 5.28. The first-order valence-corrected chi connectivity index (χ1v) is 8.38. The van der Waals surface area contributed by atoms with Crippen LogP contribution in [-0.2, 0) is 11.3 Å². The van der Waals surface area contributed by atoms with Gasteiger partial charge in [-0.3, -0.25) is 0 Å². The Morgan fingerprint density at radius 2 is 1.96 bits per heavy atom. The Bertz CT molecular complexity index is 1010. The highest BCUT2D eigenvalue weighted by Crippen LogP contribution is 2.33. The molecule has 0 saturated carbocycles. The van der Waals surface area contributed by atoms with Crippen molar-refractivity contribution in [3.63, 3.8) is 0 Å². The van der Waals surface area contributed by atoms with Crippen LogP contribution in [0.2, 0.25) is 0 Å². The molecule has 1 heterocycles. The van der Waals surface area contributed by atoms with E-state index in [1.165, 1.54) is 30.3 Å². The van der Waals surface area contributed by atoms with Crippen LogP contribution in [0.15, 0.2) is 47.1 Å². The summed E-state index contributed by atoms with van der Waals surface area (Å²) in [6.07, 6.45) is -3.19. The number of ether oxygens (including phenoxy) is 2. The van der Waals surface area contributed by atoms with Gasteiger partial charge in [0.05, 0.1) is 24.7 Å². The number of carbonyl (C=O) groups is 1. The number of carbonyl (C=O) groups excluding carboxylic acids is 1. The number of hydrogen-bond acceptors (Lipinski definition) is 3. The van der Waals surface area contributed by atoms with E-state index in [0.717, 1.165) is 7.11 Å².